The predicted octanol–water partition coefficient (Wildman–Crippen LogP) is 1.54. The van der Waals surface area contributed by atoms with E-state index in [0.29, 0.717) is 24.5 Å². The Morgan fingerprint density at radius 3 is 2.73 bits per heavy atom. The fraction of sp³-hybridized carbons (Fsp3) is 0.600. The summed E-state index contributed by atoms with van der Waals surface area (Å²) >= 11 is 0. The molecule has 4 nitrogen and oxygen atoms in total. The maximum atomic E-state index is 13.4. The number of rotatable bonds is 5. The van der Waals surface area contributed by atoms with E-state index in [-0.39, 0.29) is 11.6 Å². The number of methoxy groups -OCH3 is 1. The molecule has 5 heteroatoms. The Morgan fingerprint density at radius 2 is 2.13 bits per heavy atom. The summed E-state index contributed by atoms with van der Waals surface area (Å²) in [6, 6.07) is 0. The van der Waals surface area contributed by atoms with Gasteiger partial charge in [-0.15, -0.1) is 0 Å². The van der Waals surface area contributed by atoms with Crippen LogP contribution in [-0.4, -0.2) is 30.7 Å². The van der Waals surface area contributed by atoms with Crippen molar-refractivity contribution in [3.8, 4) is 0 Å². The van der Waals surface area contributed by atoms with Crippen LogP contribution < -0.4 is 5.32 Å². The summed E-state index contributed by atoms with van der Waals surface area (Å²) in [5.41, 5.74) is 0.377. The minimum atomic E-state index is -0.381. The van der Waals surface area contributed by atoms with Crippen LogP contribution in [0.4, 0.5) is 10.2 Å². The molecular weight excluding hydrogens is 197 g/mol. The molecule has 1 heterocycles. The van der Waals surface area contributed by atoms with E-state index in [4.69, 9.17) is 4.74 Å². The molecule has 1 aromatic heterocycles. The van der Waals surface area contributed by atoms with E-state index in [9.17, 15) is 4.39 Å². The van der Waals surface area contributed by atoms with Gasteiger partial charge in [-0.3, -0.25) is 0 Å². The number of nitrogens with one attached hydrogen (secondary N) is 1. The minimum Gasteiger partial charge on any atom is -0.385 e. The van der Waals surface area contributed by atoms with Gasteiger partial charge in [0.15, 0.2) is 11.6 Å². The molecule has 1 N–H and O–H groups in total. The first-order valence-corrected chi connectivity index (χ1v) is 4.88. The summed E-state index contributed by atoms with van der Waals surface area (Å²) in [7, 11) is 3.29. The van der Waals surface area contributed by atoms with Crippen LogP contribution in [0.2, 0.25) is 0 Å². The molecule has 0 amide bonds. The Balaban J connectivity index is 2.77. The molecule has 0 fully saturated rings. The summed E-state index contributed by atoms with van der Waals surface area (Å²) in [6.45, 7) is 2.30. The first-order valence-electron chi connectivity index (χ1n) is 4.88. The van der Waals surface area contributed by atoms with Crippen LogP contribution in [0, 0.1) is 12.7 Å². The highest BCUT2D eigenvalue weighted by Gasteiger charge is 2.09. The average molecular weight is 213 g/mol. The number of hydrogen-bond acceptors (Lipinski definition) is 4. The zero-order chi connectivity index (χ0) is 11.3. The van der Waals surface area contributed by atoms with Crippen LogP contribution in [0.25, 0.3) is 0 Å². The molecular formula is C10H16FN3O. The monoisotopic (exact) mass is 213 g/mol. The van der Waals surface area contributed by atoms with Gasteiger partial charge in [0.2, 0.25) is 0 Å². The molecule has 1 aromatic rings. The van der Waals surface area contributed by atoms with E-state index in [0.717, 1.165) is 6.42 Å². The zero-order valence-electron chi connectivity index (χ0n) is 9.30. The standard InChI is InChI=1S/C10H16FN3O/c1-7-9(11)10(12-2)14-8(13-7)5-4-6-15-3/h4-6H2,1-3H3,(H,12,13,14). The molecule has 84 valence electrons. The van der Waals surface area contributed by atoms with Crippen molar-refractivity contribution in [2.45, 2.75) is 19.8 Å². The molecule has 0 aromatic carbocycles. The lowest BCUT2D eigenvalue weighted by molar-refractivity contribution is 0.194. The molecule has 0 aliphatic heterocycles. The highest BCUT2D eigenvalue weighted by Crippen LogP contribution is 2.13. The van der Waals surface area contributed by atoms with Gasteiger partial charge in [0.1, 0.15) is 5.82 Å². The van der Waals surface area contributed by atoms with Crippen molar-refractivity contribution in [2.75, 3.05) is 26.1 Å². The maximum Gasteiger partial charge on any atom is 0.186 e. The normalized spacial score (nSPS) is 10.4. The van der Waals surface area contributed by atoms with Gasteiger partial charge in [0.05, 0.1) is 5.69 Å². The quantitative estimate of drug-likeness (QED) is 0.754. The lowest BCUT2D eigenvalue weighted by Crippen LogP contribution is -2.06. The van der Waals surface area contributed by atoms with E-state index in [1.807, 2.05) is 0 Å². The second kappa shape index (κ2) is 5.60. The molecule has 0 saturated carbocycles. The van der Waals surface area contributed by atoms with E-state index in [1.54, 1.807) is 21.1 Å². The Kier molecular flexibility index (Phi) is 4.42. The third kappa shape index (κ3) is 3.13. The molecule has 0 bridgehead atoms. The summed E-state index contributed by atoms with van der Waals surface area (Å²) in [4.78, 5) is 8.14. The number of halogens is 1. The second-order valence-electron chi connectivity index (χ2n) is 3.23. The minimum absolute atomic E-state index is 0.259. The summed E-state index contributed by atoms with van der Waals surface area (Å²) in [5.74, 6) is 0.526. The molecule has 0 spiro atoms. The van der Waals surface area contributed by atoms with E-state index in [2.05, 4.69) is 15.3 Å². The first-order chi connectivity index (χ1) is 7.19. The largest absolute Gasteiger partial charge is 0.385 e. The van der Waals surface area contributed by atoms with Crippen molar-refractivity contribution in [1.29, 1.82) is 0 Å². The van der Waals surface area contributed by atoms with Crippen LogP contribution in [-0.2, 0) is 11.2 Å². The molecule has 0 aliphatic carbocycles. The third-order valence-electron chi connectivity index (χ3n) is 2.05. The molecule has 15 heavy (non-hydrogen) atoms. The van der Waals surface area contributed by atoms with Crippen molar-refractivity contribution in [1.82, 2.24) is 9.97 Å². The van der Waals surface area contributed by atoms with Crippen LogP contribution in [0.15, 0.2) is 0 Å². The molecule has 0 radical (unpaired) electrons. The lowest BCUT2D eigenvalue weighted by atomic mass is 10.3. The fourth-order valence-electron chi connectivity index (χ4n) is 1.27. The number of hydrogen-bond donors (Lipinski definition) is 1. The van der Waals surface area contributed by atoms with Gasteiger partial charge in [-0.1, -0.05) is 0 Å². The Hall–Kier alpha value is -1.23. The number of ether oxygens (including phenoxy) is 1. The van der Waals surface area contributed by atoms with Gasteiger partial charge in [-0.05, 0) is 13.3 Å². The van der Waals surface area contributed by atoms with E-state index in [1.165, 1.54) is 0 Å². The van der Waals surface area contributed by atoms with Crippen LogP contribution in [0.3, 0.4) is 0 Å². The van der Waals surface area contributed by atoms with Crippen molar-refractivity contribution in [2.24, 2.45) is 0 Å². The highest BCUT2D eigenvalue weighted by molar-refractivity contribution is 5.37. The van der Waals surface area contributed by atoms with Gasteiger partial charge >= 0.3 is 0 Å². The van der Waals surface area contributed by atoms with Gasteiger partial charge in [-0.2, -0.15) is 0 Å². The first kappa shape index (κ1) is 11.8. The topological polar surface area (TPSA) is 47.0 Å². The van der Waals surface area contributed by atoms with Crippen LogP contribution >= 0.6 is 0 Å². The van der Waals surface area contributed by atoms with Gasteiger partial charge in [0, 0.05) is 27.2 Å². The van der Waals surface area contributed by atoms with Gasteiger partial charge in [-0.25, -0.2) is 14.4 Å². The highest BCUT2D eigenvalue weighted by atomic mass is 19.1. The van der Waals surface area contributed by atoms with E-state index >= 15 is 0 Å². The SMILES string of the molecule is CNc1nc(CCCOC)nc(C)c1F. The van der Waals surface area contributed by atoms with Crippen molar-refractivity contribution < 1.29 is 9.13 Å². The summed E-state index contributed by atoms with van der Waals surface area (Å²) in [6.07, 6.45) is 1.54. The third-order valence-corrected chi connectivity index (χ3v) is 2.05. The Morgan fingerprint density at radius 1 is 1.40 bits per heavy atom. The maximum absolute atomic E-state index is 13.4. The van der Waals surface area contributed by atoms with Gasteiger partial charge in [0.25, 0.3) is 0 Å². The van der Waals surface area contributed by atoms with Crippen molar-refractivity contribution in [3.63, 3.8) is 0 Å². The average Bonchev–Trinajstić information content (AvgIpc) is 2.23. The molecule has 0 saturated heterocycles. The summed E-state index contributed by atoms with van der Waals surface area (Å²) < 4.78 is 18.3. The predicted molar refractivity (Wildman–Crippen MR) is 56.5 cm³/mol. The number of aryl methyl sites for hydroxylation is 2. The molecule has 0 unspecified atom stereocenters. The van der Waals surface area contributed by atoms with Crippen LogP contribution in [0.5, 0.6) is 0 Å². The molecule has 0 atom stereocenters. The van der Waals surface area contributed by atoms with Crippen molar-refractivity contribution >= 4 is 5.82 Å². The smallest absolute Gasteiger partial charge is 0.186 e. The Labute approximate surface area is 88.9 Å². The summed E-state index contributed by atoms with van der Waals surface area (Å²) in [5, 5.41) is 2.71. The molecule has 0 aliphatic rings. The lowest BCUT2D eigenvalue weighted by Gasteiger charge is -2.06. The molecule has 1 rings (SSSR count). The number of aromatic nitrogens is 2. The van der Waals surface area contributed by atoms with E-state index < -0.39 is 0 Å². The number of anilines is 1. The number of nitrogens with zero attached hydrogens (tertiary/aromatic N) is 2. The second-order valence-corrected chi connectivity index (χ2v) is 3.23. The van der Waals surface area contributed by atoms with Gasteiger partial charge < -0.3 is 10.1 Å². The Bertz CT molecular complexity index is 331. The zero-order valence-corrected chi connectivity index (χ0v) is 9.30. The fourth-order valence-corrected chi connectivity index (χ4v) is 1.27. The van der Waals surface area contributed by atoms with Crippen LogP contribution in [0.1, 0.15) is 17.9 Å². The van der Waals surface area contributed by atoms with Crippen molar-refractivity contribution in [3.05, 3.63) is 17.3 Å².